The van der Waals surface area contributed by atoms with E-state index in [4.69, 9.17) is 0 Å². The van der Waals surface area contributed by atoms with Crippen molar-refractivity contribution < 1.29 is 0 Å². The first kappa shape index (κ1) is 14.2. The topological polar surface area (TPSA) is 0 Å². The summed E-state index contributed by atoms with van der Waals surface area (Å²) in [6.45, 7) is 12.0. The predicted octanol–water partition coefficient (Wildman–Crippen LogP) is 5.08. The molecule has 14 heavy (non-hydrogen) atoms. The van der Waals surface area contributed by atoms with Gasteiger partial charge in [-0.3, -0.25) is 0 Å². The molecule has 0 aromatic rings. The zero-order chi connectivity index (χ0) is 10.8. The van der Waals surface area contributed by atoms with Crippen molar-refractivity contribution in [1.82, 2.24) is 0 Å². The molecule has 0 spiro atoms. The Bertz CT molecular complexity index is 153. The van der Waals surface area contributed by atoms with Crippen LogP contribution in [0.25, 0.3) is 0 Å². The summed E-state index contributed by atoms with van der Waals surface area (Å²) in [5, 5.41) is 0. The van der Waals surface area contributed by atoms with E-state index >= 15 is 0 Å². The summed E-state index contributed by atoms with van der Waals surface area (Å²) < 4.78 is 0. The maximum atomic E-state index is 3.90. The van der Waals surface area contributed by atoms with Crippen molar-refractivity contribution in [2.75, 3.05) is 11.5 Å². The van der Waals surface area contributed by atoms with Crippen molar-refractivity contribution >= 4 is 21.6 Å². The molecule has 0 heterocycles. The number of allylic oxidation sites excluding steroid dienone is 2. The van der Waals surface area contributed by atoms with Crippen LogP contribution in [0.2, 0.25) is 0 Å². The molecule has 82 valence electrons. The van der Waals surface area contributed by atoms with Crippen molar-refractivity contribution in [3.63, 3.8) is 0 Å². The minimum atomic E-state index is 1.18. The third-order valence-corrected chi connectivity index (χ3v) is 4.32. The van der Waals surface area contributed by atoms with Crippen molar-refractivity contribution in [3.05, 3.63) is 24.3 Å². The van der Waals surface area contributed by atoms with E-state index in [-0.39, 0.29) is 0 Å². The van der Waals surface area contributed by atoms with Crippen LogP contribution in [0.1, 0.15) is 39.5 Å². The molecular formula is C12H22S2. The van der Waals surface area contributed by atoms with Gasteiger partial charge in [-0.2, -0.15) is 0 Å². The third kappa shape index (κ3) is 12.2. The Morgan fingerprint density at radius 2 is 1.21 bits per heavy atom. The largest absolute Gasteiger partial charge is 0.100 e. The lowest BCUT2D eigenvalue weighted by molar-refractivity contribution is 0.920. The maximum Gasteiger partial charge on any atom is 0.00399 e. The monoisotopic (exact) mass is 230 g/mol. The van der Waals surface area contributed by atoms with Crippen LogP contribution in [0.3, 0.4) is 0 Å². The van der Waals surface area contributed by atoms with E-state index in [9.17, 15) is 0 Å². The lowest BCUT2D eigenvalue weighted by Crippen LogP contribution is -1.81. The average molecular weight is 230 g/mol. The predicted molar refractivity (Wildman–Crippen MR) is 73.0 cm³/mol. The van der Waals surface area contributed by atoms with E-state index in [0.717, 1.165) is 0 Å². The molecule has 0 radical (unpaired) electrons. The minimum absolute atomic E-state index is 1.18. The molecule has 0 fully saturated rings. The first-order valence-electron chi connectivity index (χ1n) is 5.16. The summed E-state index contributed by atoms with van der Waals surface area (Å²) in [5.74, 6) is 2.51. The first-order valence-corrected chi connectivity index (χ1v) is 7.65. The molecule has 0 aliphatic rings. The van der Waals surface area contributed by atoms with E-state index in [1.807, 2.05) is 21.6 Å². The summed E-state index contributed by atoms with van der Waals surface area (Å²) in [7, 11) is 3.99. The lowest BCUT2D eigenvalue weighted by atomic mass is 10.2. The molecule has 0 aromatic carbocycles. The Kier molecular flexibility index (Phi) is 9.85. The number of rotatable bonds is 9. The van der Waals surface area contributed by atoms with Crippen LogP contribution in [0.15, 0.2) is 24.3 Å². The first-order chi connectivity index (χ1) is 6.63. The van der Waals surface area contributed by atoms with Gasteiger partial charge >= 0.3 is 0 Å². The highest BCUT2D eigenvalue weighted by molar-refractivity contribution is 8.76. The summed E-state index contributed by atoms with van der Waals surface area (Å²) in [4.78, 5) is 0. The minimum Gasteiger partial charge on any atom is -0.100 e. The quantitative estimate of drug-likeness (QED) is 0.308. The van der Waals surface area contributed by atoms with Gasteiger partial charge in [0.05, 0.1) is 0 Å². The molecule has 0 nitrogen and oxygen atoms in total. The van der Waals surface area contributed by atoms with E-state index < -0.39 is 0 Å². The van der Waals surface area contributed by atoms with Crippen LogP contribution in [0, 0.1) is 0 Å². The fourth-order valence-electron chi connectivity index (χ4n) is 0.984. The SMILES string of the molecule is C=C(C)CCCSSCCCC(=C)C. The van der Waals surface area contributed by atoms with Crippen molar-refractivity contribution in [2.45, 2.75) is 39.5 Å². The summed E-state index contributed by atoms with van der Waals surface area (Å²) in [5.41, 5.74) is 2.61. The summed E-state index contributed by atoms with van der Waals surface area (Å²) >= 11 is 0. The maximum absolute atomic E-state index is 3.90. The second-order valence-electron chi connectivity index (χ2n) is 3.77. The zero-order valence-electron chi connectivity index (χ0n) is 9.47. The Labute approximate surface area is 97.0 Å². The molecule has 0 bridgehead atoms. The van der Waals surface area contributed by atoms with Gasteiger partial charge in [0.25, 0.3) is 0 Å². The van der Waals surface area contributed by atoms with Crippen LogP contribution in [-0.4, -0.2) is 11.5 Å². The number of hydrogen-bond donors (Lipinski definition) is 0. The van der Waals surface area contributed by atoms with E-state index in [1.165, 1.54) is 48.3 Å². The molecule has 0 aliphatic carbocycles. The third-order valence-electron chi connectivity index (χ3n) is 1.75. The fourth-order valence-corrected chi connectivity index (χ4v) is 3.16. The van der Waals surface area contributed by atoms with Crippen LogP contribution in [0.4, 0.5) is 0 Å². The molecular weight excluding hydrogens is 208 g/mol. The van der Waals surface area contributed by atoms with E-state index in [2.05, 4.69) is 27.0 Å². The highest BCUT2D eigenvalue weighted by Gasteiger charge is 1.93. The van der Waals surface area contributed by atoms with Crippen LogP contribution in [0.5, 0.6) is 0 Å². The highest BCUT2D eigenvalue weighted by atomic mass is 33.1. The second-order valence-corrected chi connectivity index (χ2v) is 6.47. The molecule has 0 saturated heterocycles. The Balaban J connectivity index is 2.99. The molecule has 2 heteroatoms. The van der Waals surface area contributed by atoms with Crippen molar-refractivity contribution in [1.29, 1.82) is 0 Å². The van der Waals surface area contributed by atoms with Crippen LogP contribution < -0.4 is 0 Å². The van der Waals surface area contributed by atoms with Gasteiger partial charge in [-0.25, -0.2) is 0 Å². The van der Waals surface area contributed by atoms with Gasteiger partial charge < -0.3 is 0 Å². The van der Waals surface area contributed by atoms with E-state index in [0.29, 0.717) is 0 Å². The Morgan fingerprint density at radius 1 is 0.857 bits per heavy atom. The molecule has 0 unspecified atom stereocenters. The van der Waals surface area contributed by atoms with Gasteiger partial charge in [0.2, 0.25) is 0 Å². The molecule has 0 aliphatic heterocycles. The van der Waals surface area contributed by atoms with Crippen LogP contribution >= 0.6 is 21.6 Å². The zero-order valence-corrected chi connectivity index (χ0v) is 11.1. The normalized spacial score (nSPS) is 10.1. The summed E-state index contributed by atoms with van der Waals surface area (Å²) in [6.07, 6.45) is 4.90. The van der Waals surface area contributed by atoms with Gasteiger partial charge in [0.1, 0.15) is 0 Å². The summed E-state index contributed by atoms with van der Waals surface area (Å²) in [6, 6.07) is 0. The van der Waals surface area contributed by atoms with Crippen LogP contribution in [-0.2, 0) is 0 Å². The molecule has 0 amide bonds. The smallest absolute Gasteiger partial charge is 0.00399 e. The molecule has 0 rings (SSSR count). The molecule has 0 N–H and O–H groups in total. The fraction of sp³-hybridized carbons (Fsp3) is 0.667. The van der Waals surface area contributed by atoms with E-state index in [1.54, 1.807) is 0 Å². The van der Waals surface area contributed by atoms with Gasteiger partial charge in [-0.05, 0) is 39.5 Å². The van der Waals surface area contributed by atoms with Crippen molar-refractivity contribution in [3.8, 4) is 0 Å². The second kappa shape index (κ2) is 9.72. The Morgan fingerprint density at radius 3 is 1.50 bits per heavy atom. The highest BCUT2D eigenvalue weighted by Crippen LogP contribution is 2.24. The van der Waals surface area contributed by atoms with Gasteiger partial charge in [-0.1, -0.05) is 32.7 Å². The Hall–Kier alpha value is 0.180. The number of hydrogen-bond acceptors (Lipinski definition) is 2. The average Bonchev–Trinajstić information content (AvgIpc) is 2.08. The van der Waals surface area contributed by atoms with Gasteiger partial charge in [-0.15, -0.1) is 13.2 Å². The van der Waals surface area contributed by atoms with Gasteiger partial charge in [0.15, 0.2) is 0 Å². The lowest BCUT2D eigenvalue weighted by Gasteiger charge is -2.01. The van der Waals surface area contributed by atoms with Crippen molar-refractivity contribution in [2.24, 2.45) is 0 Å². The molecule has 0 saturated carbocycles. The molecule has 0 atom stereocenters. The van der Waals surface area contributed by atoms with Gasteiger partial charge in [0, 0.05) is 11.5 Å². The standard InChI is InChI=1S/C12H22S2/c1-11(2)7-5-9-13-14-10-6-8-12(3)4/h1,3,5-10H2,2,4H3. The molecule has 0 aromatic heterocycles.